The molecular formula is C12H15N5O2S2. The maximum Gasteiger partial charge on any atom is 0.234 e. The minimum atomic E-state index is -3.55. The van der Waals surface area contributed by atoms with Gasteiger partial charge >= 0.3 is 0 Å². The molecule has 0 aromatic carbocycles. The van der Waals surface area contributed by atoms with Crippen molar-refractivity contribution in [3.8, 4) is 0 Å². The van der Waals surface area contributed by atoms with Gasteiger partial charge in [0.05, 0.1) is 17.5 Å². The smallest absolute Gasteiger partial charge is 0.234 e. The molecule has 0 amide bonds. The molecule has 2 aromatic heterocycles. The number of nitrogens with two attached hydrogens (primary N) is 1. The maximum atomic E-state index is 12.1. The zero-order valence-corrected chi connectivity index (χ0v) is 13.0. The normalized spacial score (nSPS) is 11.3. The van der Waals surface area contributed by atoms with E-state index in [0.29, 0.717) is 17.7 Å². The summed E-state index contributed by atoms with van der Waals surface area (Å²) in [5.41, 5.74) is 6.65. The highest BCUT2D eigenvalue weighted by Crippen LogP contribution is 2.16. The molecule has 0 atom stereocenters. The Morgan fingerprint density at radius 1 is 1.48 bits per heavy atom. The van der Waals surface area contributed by atoms with E-state index in [0.717, 1.165) is 0 Å². The molecule has 0 saturated carbocycles. The lowest BCUT2D eigenvalue weighted by Gasteiger charge is -2.09. The number of thiocarbonyl (C=S) groups is 1. The summed E-state index contributed by atoms with van der Waals surface area (Å²) in [6, 6.07) is 5.37. The highest BCUT2D eigenvalue weighted by atomic mass is 32.2. The lowest BCUT2D eigenvalue weighted by Crippen LogP contribution is -2.22. The van der Waals surface area contributed by atoms with E-state index in [9.17, 15) is 8.42 Å². The summed E-state index contributed by atoms with van der Waals surface area (Å²) in [5.74, 6) is 0.176. The van der Waals surface area contributed by atoms with Crippen LogP contribution in [0.5, 0.6) is 0 Å². The zero-order chi connectivity index (χ0) is 15.5. The Morgan fingerprint density at radius 2 is 2.24 bits per heavy atom. The molecule has 0 unspecified atom stereocenters. The number of anilines is 1. The number of pyridine rings is 1. The van der Waals surface area contributed by atoms with E-state index in [-0.39, 0.29) is 16.6 Å². The van der Waals surface area contributed by atoms with E-state index >= 15 is 0 Å². The zero-order valence-electron chi connectivity index (χ0n) is 11.4. The first-order valence-electron chi connectivity index (χ1n) is 6.11. The van der Waals surface area contributed by atoms with Crippen molar-refractivity contribution in [3.05, 3.63) is 41.9 Å². The molecule has 7 nitrogen and oxygen atoms in total. The van der Waals surface area contributed by atoms with Gasteiger partial charge in [-0.05, 0) is 12.1 Å². The number of rotatable bonds is 6. The Kier molecular flexibility index (Phi) is 4.53. The first kappa shape index (κ1) is 15.4. The first-order chi connectivity index (χ1) is 9.89. The monoisotopic (exact) mass is 325 g/mol. The van der Waals surface area contributed by atoms with Gasteiger partial charge in [0.15, 0.2) is 0 Å². The molecule has 0 aliphatic rings. The van der Waals surface area contributed by atoms with E-state index in [1.807, 2.05) is 6.07 Å². The van der Waals surface area contributed by atoms with Crippen molar-refractivity contribution < 1.29 is 8.42 Å². The molecule has 0 saturated heterocycles. The Hall–Kier alpha value is -2.00. The second-order valence-electron chi connectivity index (χ2n) is 4.39. The number of aromatic nitrogens is 3. The van der Waals surface area contributed by atoms with Gasteiger partial charge in [-0.15, -0.1) is 0 Å². The average Bonchev–Trinajstić information content (AvgIpc) is 2.79. The van der Waals surface area contributed by atoms with Gasteiger partial charge in [-0.2, -0.15) is 5.10 Å². The molecule has 2 heterocycles. The van der Waals surface area contributed by atoms with E-state index < -0.39 is 10.0 Å². The van der Waals surface area contributed by atoms with Crippen LogP contribution >= 0.6 is 12.2 Å². The van der Waals surface area contributed by atoms with Crippen molar-refractivity contribution in [2.24, 2.45) is 12.8 Å². The lowest BCUT2D eigenvalue weighted by molar-refractivity contribution is 0.599. The van der Waals surface area contributed by atoms with Crippen LogP contribution in [0.15, 0.2) is 30.6 Å². The van der Waals surface area contributed by atoms with Crippen LogP contribution in [0.4, 0.5) is 5.82 Å². The molecule has 0 bridgehead atoms. The number of sulfonamides is 1. The van der Waals surface area contributed by atoms with Gasteiger partial charge in [-0.3, -0.25) is 14.4 Å². The molecule has 9 heteroatoms. The Labute approximate surface area is 128 Å². The molecule has 2 aromatic rings. The number of nitrogens with zero attached hydrogens (tertiary/aromatic N) is 3. The van der Waals surface area contributed by atoms with Gasteiger partial charge in [-0.1, -0.05) is 18.3 Å². The highest BCUT2D eigenvalue weighted by molar-refractivity contribution is 7.92. The minimum Gasteiger partial charge on any atom is -0.389 e. The molecule has 2 rings (SSSR count). The molecule has 0 spiro atoms. The molecule has 0 radical (unpaired) electrons. The van der Waals surface area contributed by atoms with E-state index in [1.54, 1.807) is 25.4 Å². The summed E-state index contributed by atoms with van der Waals surface area (Å²) in [7, 11) is -1.94. The average molecular weight is 325 g/mol. The van der Waals surface area contributed by atoms with Crippen LogP contribution in [-0.4, -0.2) is 33.9 Å². The fourth-order valence-electron chi connectivity index (χ4n) is 1.72. The van der Waals surface area contributed by atoms with E-state index in [2.05, 4.69) is 14.8 Å². The number of aryl methyl sites for hydroxylation is 2. The van der Waals surface area contributed by atoms with Crippen molar-refractivity contribution in [3.63, 3.8) is 0 Å². The van der Waals surface area contributed by atoms with Crippen molar-refractivity contribution in [2.45, 2.75) is 6.42 Å². The quantitative estimate of drug-likeness (QED) is 0.747. The summed E-state index contributed by atoms with van der Waals surface area (Å²) in [6.07, 6.45) is 3.37. The van der Waals surface area contributed by atoms with Crippen molar-refractivity contribution in [2.75, 3.05) is 10.5 Å². The third-order valence-corrected chi connectivity index (χ3v) is 4.28. The summed E-state index contributed by atoms with van der Waals surface area (Å²) < 4.78 is 28.1. The third kappa shape index (κ3) is 3.99. The van der Waals surface area contributed by atoms with Crippen LogP contribution in [-0.2, 0) is 23.5 Å². The Morgan fingerprint density at radius 3 is 2.86 bits per heavy atom. The van der Waals surface area contributed by atoms with Crippen molar-refractivity contribution in [1.82, 2.24) is 14.8 Å². The molecule has 0 fully saturated rings. The second kappa shape index (κ2) is 6.19. The van der Waals surface area contributed by atoms with Crippen LogP contribution in [0.1, 0.15) is 11.3 Å². The number of hydrogen-bond donors (Lipinski definition) is 2. The number of hydrogen-bond acceptors (Lipinski definition) is 5. The molecule has 0 aliphatic heterocycles. The predicted molar refractivity (Wildman–Crippen MR) is 84.4 cm³/mol. The molecule has 0 aliphatic carbocycles. The SMILES string of the molecule is Cn1ncc(C(N)=S)c1NS(=O)(=O)CCc1ccccn1. The van der Waals surface area contributed by atoms with E-state index in [4.69, 9.17) is 18.0 Å². The van der Waals surface area contributed by atoms with Crippen molar-refractivity contribution >= 4 is 33.0 Å². The predicted octanol–water partition coefficient (Wildman–Crippen LogP) is 0.434. The van der Waals surface area contributed by atoms with Crippen LogP contribution in [0.25, 0.3) is 0 Å². The summed E-state index contributed by atoms with van der Waals surface area (Å²) in [4.78, 5) is 4.18. The summed E-state index contributed by atoms with van der Waals surface area (Å²) in [6.45, 7) is 0. The van der Waals surface area contributed by atoms with Gasteiger partial charge in [-0.25, -0.2) is 8.42 Å². The lowest BCUT2D eigenvalue weighted by atomic mass is 10.3. The fourth-order valence-corrected chi connectivity index (χ4v) is 2.99. The topological polar surface area (TPSA) is 103 Å². The van der Waals surface area contributed by atoms with Crippen LogP contribution in [0, 0.1) is 0 Å². The Bertz CT molecular complexity index is 740. The molecule has 3 N–H and O–H groups in total. The first-order valence-corrected chi connectivity index (χ1v) is 8.17. The third-order valence-electron chi connectivity index (χ3n) is 2.81. The van der Waals surface area contributed by atoms with Gasteiger partial charge in [0, 0.05) is 25.4 Å². The van der Waals surface area contributed by atoms with Gasteiger partial charge < -0.3 is 5.73 Å². The highest BCUT2D eigenvalue weighted by Gasteiger charge is 2.18. The standard InChI is InChI=1S/C12H15N5O2S2/c1-17-12(10(8-15-17)11(13)20)16-21(18,19)7-5-9-4-2-3-6-14-9/h2-4,6,8,16H,5,7H2,1H3,(H2,13,20). The molecule has 21 heavy (non-hydrogen) atoms. The maximum absolute atomic E-state index is 12.1. The van der Waals surface area contributed by atoms with Crippen molar-refractivity contribution in [1.29, 1.82) is 0 Å². The molecular weight excluding hydrogens is 310 g/mol. The van der Waals surface area contributed by atoms with Gasteiger partial charge in [0.1, 0.15) is 10.8 Å². The largest absolute Gasteiger partial charge is 0.389 e. The summed E-state index contributed by atoms with van der Waals surface area (Å²) >= 11 is 4.87. The fraction of sp³-hybridized carbons (Fsp3) is 0.250. The molecule has 112 valence electrons. The summed E-state index contributed by atoms with van der Waals surface area (Å²) in [5, 5.41) is 3.95. The van der Waals surface area contributed by atoms with Crippen LogP contribution in [0.2, 0.25) is 0 Å². The minimum absolute atomic E-state index is 0.0885. The number of nitrogens with one attached hydrogen (secondary N) is 1. The van der Waals surface area contributed by atoms with E-state index in [1.165, 1.54) is 10.9 Å². The van der Waals surface area contributed by atoms with Gasteiger partial charge in [0.2, 0.25) is 10.0 Å². The van der Waals surface area contributed by atoms with Crippen LogP contribution in [0.3, 0.4) is 0 Å². The second-order valence-corrected chi connectivity index (χ2v) is 6.67. The Balaban J connectivity index is 2.11. The van der Waals surface area contributed by atoms with Gasteiger partial charge in [0.25, 0.3) is 0 Å². The van der Waals surface area contributed by atoms with Crippen LogP contribution < -0.4 is 10.5 Å².